The lowest BCUT2D eigenvalue weighted by Gasteiger charge is -2.17. The van der Waals surface area contributed by atoms with E-state index in [-0.39, 0.29) is 35.1 Å². The Morgan fingerprint density at radius 2 is 1.85 bits per heavy atom. The highest BCUT2D eigenvalue weighted by Crippen LogP contribution is 2.41. The molecule has 3 amide bonds. The summed E-state index contributed by atoms with van der Waals surface area (Å²) >= 11 is 0. The molecule has 0 saturated heterocycles. The number of hydrogen-bond donors (Lipinski definition) is 5. The molecule has 2 aromatic heterocycles. The number of carbonyl (C=O) groups excluding carboxylic acids is 3. The number of nitrogens with zero attached hydrogens (tertiary/aromatic N) is 2. The summed E-state index contributed by atoms with van der Waals surface area (Å²) in [4.78, 5) is 44.3. The zero-order chi connectivity index (χ0) is 33.7. The van der Waals surface area contributed by atoms with Crippen LogP contribution in [0.3, 0.4) is 0 Å². The monoisotopic (exact) mass is 640 g/mol. The molecule has 3 heterocycles. The van der Waals surface area contributed by atoms with E-state index in [1.807, 2.05) is 19.9 Å². The minimum Gasteiger partial charge on any atom is -0.507 e. The summed E-state index contributed by atoms with van der Waals surface area (Å²) in [5.74, 6) is -0.631. The molecule has 0 saturated carbocycles. The first-order chi connectivity index (χ1) is 23.1. The van der Waals surface area contributed by atoms with Crippen LogP contribution in [0.1, 0.15) is 52.4 Å². The Morgan fingerprint density at radius 1 is 1.02 bits per heavy atom. The van der Waals surface area contributed by atoms with Crippen molar-refractivity contribution < 1.29 is 23.9 Å². The van der Waals surface area contributed by atoms with Gasteiger partial charge in [0.05, 0.1) is 34.6 Å². The van der Waals surface area contributed by atoms with Crippen LogP contribution in [0.25, 0.3) is 32.6 Å². The van der Waals surface area contributed by atoms with Gasteiger partial charge in [-0.2, -0.15) is 5.26 Å². The molecule has 48 heavy (non-hydrogen) atoms. The third kappa shape index (κ3) is 5.48. The Bertz CT molecular complexity index is 2330. The first-order valence-corrected chi connectivity index (χ1v) is 15.6. The zero-order valence-corrected chi connectivity index (χ0v) is 26.3. The predicted octanol–water partition coefficient (Wildman–Crippen LogP) is 6.41. The van der Waals surface area contributed by atoms with Crippen molar-refractivity contribution in [1.29, 1.82) is 5.26 Å². The number of carbonyl (C=O) groups is 3. The summed E-state index contributed by atoms with van der Waals surface area (Å²) < 4.78 is 5.92. The van der Waals surface area contributed by atoms with Crippen LogP contribution in [0.5, 0.6) is 5.75 Å². The molecule has 240 valence electrons. The van der Waals surface area contributed by atoms with Gasteiger partial charge in [-0.05, 0) is 84.3 Å². The fourth-order valence-corrected chi connectivity index (χ4v) is 6.36. The fourth-order valence-electron chi connectivity index (χ4n) is 6.36. The number of nitrogens with two attached hydrogens (primary N) is 1. The van der Waals surface area contributed by atoms with Crippen molar-refractivity contribution in [2.24, 2.45) is 11.7 Å². The summed E-state index contributed by atoms with van der Waals surface area (Å²) in [7, 11) is 0. The highest BCUT2D eigenvalue weighted by molar-refractivity contribution is 6.11. The molecule has 0 aliphatic carbocycles. The first-order valence-electron chi connectivity index (χ1n) is 15.6. The molecular formula is C37H32N6O5. The van der Waals surface area contributed by atoms with Crippen LogP contribution in [0.2, 0.25) is 0 Å². The summed E-state index contributed by atoms with van der Waals surface area (Å²) in [6.07, 6.45) is 1.12. The number of nitrogens with one attached hydrogen (secondary N) is 3. The molecule has 0 radical (unpaired) electrons. The lowest BCUT2D eigenvalue weighted by atomic mass is 9.99. The number of nitriles is 1. The van der Waals surface area contributed by atoms with Crippen LogP contribution >= 0.6 is 0 Å². The van der Waals surface area contributed by atoms with E-state index in [1.165, 1.54) is 0 Å². The van der Waals surface area contributed by atoms with Crippen LogP contribution in [0.15, 0.2) is 77.2 Å². The van der Waals surface area contributed by atoms with Crippen LogP contribution in [-0.2, 0) is 11.2 Å². The number of fused-ring (bicyclic) bond motifs is 5. The maximum Gasteiger partial charge on any atom is 0.294 e. The second kappa shape index (κ2) is 11.9. The highest BCUT2D eigenvalue weighted by atomic mass is 16.3. The van der Waals surface area contributed by atoms with Gasteiger partial charge in [-0.15, -0.1) is 0 Å². The largest absolute Gasteiger partial charge is 0.507 e. The summed E-state index contributed by atoms with van der Waals surface area (Å²) in [5.41, 5.74) is 10.4. The van der Waals surface area contributed by atoms with E-state index >= 15 is 0 Å². The molecular weight excluding hydrogens is 608 g/mol. The van der Waals surface area contributed by atoms with E-state index in [4.69, 9.17) is 10.2 Å². The number of furan rings is 1. The normalized spacial score (nSPS) is 13.2. The lowest BCUT2D eigenvalue weighted by Crippen LogP contribution is -2.36. The summed E-state index contributed by atoms with van der Waals surface area (Å²) in [5, 5.41) is 28.6. The van der Waals surface area contributed by atoms with Gasteiger partial charge < -0.3 is 35.8 Å². The number of phenols is 1. The smallest absolute Gasteiger partial charge is 0.294 e. The molecule has 6 N–H and O–H groups in total. The second-order valence-corrected chi connectivity index (χ2v) is 12.5. The van der Waals surface area contributed by atoms with Crippen LogP contribution in [0.4, 0.5) is 17.1 Å². The first kappa shape index (κ1) is 30.5. The molecule has 11 heteroatoms. The third-order valence-electron chi connectivity index (χ3n) is 8.66. The van der Waals surface area contributed by atoms with Crippen LogP contribution in [0, 0.1) is 17.2 Å². The number of anilines is 3. The molecule has 1 atom stereocenters. The van der Waals surface area contributed by atoms with Gasteiger partial charge in [-0.1, -0.05) is 26.0 Å². The van der Waals surface area contributed by atoms with Crippen molar-refractivity contribution in [3.8, 4) is 11.8 Å². The number of phenolic OH excluding ortho intramolecular Hbond substituents is 1. The Hall–Kier alpha value is -6.12. The van der Waals surface area contributed by atoms with Gasteiger partial charge in [-0.25, -0.2) is 0 Å². The quantitative estimate of drug-likeness (QED) is 0.134. The second-order valence-electron chi connectivity index (χ2n) is 12.5. The average Bonchev–Trinajstić information content (AvgIpc) is 3.81. The molecule has 1 unspecified atom stereocenters. The van der Waals surface area contributed by atoms with E-state index in [0.717, 1.165) is 16.3 Å². The number of benzene rings is 4. The van der Waals surface area contributed by atoms with Gasteiger partial charge in [-0.3, -0.25) is 14.4 Å². The van der Waals surface area contributed by atoms with Gasteiger partial charge in [0.1, 0.15) is 17.0 Å². The number of para-hydroxylation sites is 1. The predicted molar refractivity (Wildman–Crippen MR) is 184 cm³/mol. The standard InChI is InChI=1S/C37H32N6O5/c1-19(2)12-27(39)35(45)42-28-5-3-4-21-15-29(41-34(21)28)36(46)40-23-7-9-32-22(14-23)16-33(48-32)37(47)43-11-10-24-26-13-20(18-38)6-8-25(26)31(44)17-30(24)43/h3-9,13-17,19,27,41,44H,10-12,39H2,1-2H3,(H,40,46)(H,42,45). The van der Waals surface area contributed by atoms with E-state index in [0.29, 0.717) is 69.6 Å². The van der Waals surface area contributed by atoms with E-state index in [1.54, 1.807) is 71.6 Å². The van der Waals surface area contributed by atoms with E-state index in [9.17, 15) is 24.8 Å². The number of amides is 3. The summed E-state index contributed by atoms with van der Waals surface area (Å²) in [6, 6.07) is 22.0. The van der Waals surface area contributed by atoms with Crippen LogP contribution in [-0.4, -0.2) is 40.4 Å². The molecule has 0 spiro atoms. The van der Waals surface area contributed by atoms with Crippen molar-refractivity contribution in [1.82, 2.24) is 4.98 Å². The molecule has 7 rings (SSSR count). The molecule has 0 fully saturated rings. The molecule has 4 aromatic carbocycles. The third-order valence-corrected chi connectivity index (χ3v) is 8.66. The van der Waals surface area contributed by atoms with Gasteiger partial charge >= 0.3 is 0 Å². The Labute approximate surface area is 274 Å². The summed E-state index contributed by atoms with van der Waals surface area (Å²) in [6.45, 7) is 4.40. The highest BCUT2D eigenvalue weighted by Gasteiger charge is 2.30. The lowest BCUT2D eigenvalue weighted by molar-refractivity contribution is -0.117. The van der Waals surface area contributed by atoms with Crippen molar-refractivity contribution in [3.05, 3.63) is 95.4 Å². The maximum absolute atomic E-state index is 13.7. The number of H-pyrrole nitrogens is 1. The number of hydrogen-bond acceptors (Lipinski definition) is 7. The van der Waals surface area contributed by atoms with Gasteiger partial charge in [0.2, 0.25) is 5.91 Å². The van der Waals surface area contributed by atoms with Gasteiger partial charge in [0.25, 0.3) is 11.8 Å². The number of aromatic amines is 1. The molecule has 11 nitrogen and oxygen atoms in total. The Kier molecular flexibility index (Phi) is 7.58. The number of rotatable bonds is 7. The van der Waals surface area contributed by atoms with Gasteiger partial charge in [0.15, 0.2) is 5.76 Å². The maximum atomic E-state index is 13.7. The fraction of sp³-hybridized carbons (Fsp3) is 0.189. The van der Waals surface area contributed by atoms with Crippen molar-refractivity contribution >= 4 is 67.4 Å². The molecule has 1 aliphatic rings. The van der Waals surface area contributed by atoms with Crippen molar-refractivity contribution in [2.75, 3.05) is 22.1 Å². The molecule has 1 aliphatic heterocycles. The van der Waals surface area contributed by atoms with Crippen molar-refractivity contribution in [3.63, 3.8) is 0 Å². The topological polar surface area (TPSA) is 177 Å². The molecule has 6 aromatic rings. The SMILES string of the molecule is CC(C)CC(N)C(=O)Nc1cccc2cc(C(=O)Nc3ccc4oc(C(=O)N5CCc6c5cc(O)c5ccc(C#N)cc65)cc4c3)[nH]c12. The van der Waals surface area contributed by atoms with E-state index < -0.39 is 6.04 Å². The van der Waals surface area contributed by atoms with Crippen LogP contribution < -0.4 is 21.3 Å². The minimum absolute atomic E-state index is 0.0275. The average molecular weight is 641 g/mol. The Morgan fingerprint density at radius 3 is 2.65 bits per heavy atom. The zero-order valence-electron chi connectivity index (χ0n) is 26.3. The van der Waals surface area contributed by atoms with Gasteiger partial charge in [0, 0.05) is 34.5 Å². The number of aromatic nitrogens is 1. The molecule has 0 bridgehead atoms. The van der Waals surface area contributed by atoms with Crippen molar-refractivity contribution in [2.45, 2.75) is 32.7 Å². The van der Waals surface area contributed by atoms with E-state index in [2.05, 4.69) is 21.7 Å². The minimum atomic E-state index is -0.648. The Balaban J connectivity index is 1.10. The number of aromatic hydroxyl groups is 1.